The van der Waals surface area contributed by atoms with Crippen molar-refractivity contribution in [3.63, 3.8) is 0 Å². The topological polar surface area (TPSA) is 71.9 Å². The number of rotatable bonds is 4. The van der Waals surface area contributed by atoms with Gasteiger partial charge in [0.15, 0.2) is 0 Å². The highest BCUT2D eigenvalue weighted by atomic mass is 16.5. The van der Waals surface area contributed by atoms with Crippen LogP contribution in [-0.4, -0.2) is 4.98 Å². The van der Waals surface area contributed by atoms with Crippen LogP contribution in [0.1, 0.15) is 16.8 Å². The van der Waals surface area contributed by atoms with E-state index in [1.807, 2.05) is 67.6 Å². The van der Waals surface area contributed by atoms with Gasteiger partial charge in [-0.3, -0.25) is 0 Å². The van der Waals surface area contributed by atoms with E-state index in [1.54, 1.807) is 0 Å². The Morgan fingerprint density at radius 3 is 2.46 bits per heavy atom. The number of hydrogen-bond donors (Lipinski definition) is 1. The van der Waals surface area contributed by atoms with Crippen LogP contribution in [0, 0.1) is 18.3 Å². The normalized spacial score (nSPS) is 10.2. The SMILES string of the molecule is Cc1cc(-c2ccc(OCc3ccccc3)cc2)c(C#N)c(N)n1. The van der Waals surface area contributed by atoms with Crippen molar-refractivity contribution in [3.05, 3.63) is 77.5 Å². The molecule has 0 aliphatic heterocycles. The molecule has 4 nitrogen and oxygen atoms in total. The van der Waals surface area contributed by atoms with E-state index in [0.717, 1.165) is 28.1 Å². The summed E-state index contributed by atoms with van der Waals surface area (Å²) >= 11 is 0. The van der Waals surface area contributed by atoms with Gasteiger partial charge in [-0.05, 0) is 36.2 Å². The fourth-order valence-corrected chi connectivity index (χ4v) is 2.51. The van der Waals surface area contributed by atoms with Crippen molar-refractivity contribution in [1.82, 2.24) is 4.98 Å². The Bertz CT molecular complexity index is 881. The van der Waals surface area contributed by atoms with Crippen LogP contribution in [0.2, 0.25) is 0 Å². The first-order chi connectivity index (χ1) is 11.7. The van der Waals surface area contributed by atoms with E-state index in [1.165, 1.54) is 0 Å². The Labute approximate surface area is 141 Å². The molecule has 0 saturated heterocycles. The van der Waals surface area contributed by atoms with Crippen molar-refractivity contribution in [1.29, 1.82) is 5.26 Å². The third kappa shape index (κ3) is 3.36. The third-order valence-corrected chi connectivity index (χ3v) is 3.70. The highest BCUT2D eigenvalue weighted by Gasteiger charge is 2.11. The molecule has 0 unspecified atom stereocenters. The Morgan fingerprint density at radius 1 is 1.08 bits per heavy atom. The Hall–Kier alpha value is -3.32. The van der Waals surface area contributed by atoms with Gasteiger partial charge >= 0.3 is 0 Å². The van der Waals surface area contributed by atoms with Gasteiger partial charge in [-0.1, -0.05) is 42.5 Å². The lowest BCUT2D eigenvalue weighted by Crippen LogP contribution is -1.99. The second-order valence-electron chi connectivity index (χ2n) is 5.48. The summed E-state index contributed by atoms with van der Waals surface area (Å²) in [6.07, 6.45) is 0. The maximum Gasteiger partial charge on any atom is 0.142 e. The molecule has 118 valence electrons. The number of benzene rings is 2. The molecular weight excluding hydrogens is 298 g/mol. The molecule has 0 atom stereocenters. The fraction of sp³-hybridized carbons (Fsp3) is 0.100. The molecule has 3 rings (SSSR count). The molecule has 2 aromatic carbocycles. The number of nitrogens with zero attached hydrogens (tertiary/aromatic N) is 2. The Morgan fingerprint density at radius 2 is 1.79 bits per heavy atom. The summed E-state index contributed by atoms with van der Waals surface area (Å²) in [4.78, 5) is 4.14. The predicted octanol–water partition coefficient (Wildman–Crippen LogP) is 4.09. The summed E-state index contributed by atoms with van der Waals surface area (Å²) in [7, 11) is 0. The summed E-state index contributed by atoms with van der Waals surface area (Å²) < 4.78 is 5.78. The largest absolute Gasteiger partial charge is 0.489 e. The highest BCUT2D eigenvalue weighted by molar-refractivity contribution is 5.75. The number of nitrogens with two attached hydrogens (primary N) is 1. The van der Waals surface area contributed by atoms with Gasteiger partial charge in [-0.2, -0.15) is 5.26 Å². The number of aryl methyl sites for hydroxylation is 1. The summed E-state index contributed by atoms with van der Waals surface area (Å²) in [6, 6.07) is 21.6. The molecule has 0 spiro atoms. The van der Waals surface area contributed by atoms with E-state index in [4.69, 9.17) is 10.5 Å². The molecule has 0 radical (unpaired) electrons. The quantitative estimate of drug-likeness (QED) is 0.787. The number of nitrogen functional groups attached to an aromatic ring is 1. The number of pyridine rings is 1. The molecule has 1 aromatic heterocycles. The van der Waals surface area contributed by atoms with Crippen molar-refractivity contribution in [2.24, 2.45) is 0 Å². The van der Waals surface area contributed by atoms with E-state index in [-0.39, 0.29) is 5.82 Å². The summed E-state index contributed by atoms with van der Waals surface area (Å²) in [5, 5.41) is 9.32. The lowest BCUT2D eigenvalue weighted by molar-refractivity contribution is 0.306. The number of nitriles is 1. The van der Waals surface area contributed by atoms with Crippen LogP contribution in [0.25, 0.3) is 11.1 Å². The zero-order valence-corrected chi connectivity index (χ0v) is 13.4. The molecule has 0 saturated carbocycles. The van der Waals surface area contributed by atoms with Crippen molar-refractivity contribution in [3.8, 4) is 22.9 Å². The lowest BCUT2D eigenvalue weighted by Gasteiger charge is -2.10. The number of anilines is 1. The molecule has 0 aliphatic carbocycles. The van der Waals surface area contributed by atoms with Crippen LogP contribution in [0.15, 0.2) is 60.7 Å². The van der Waals surface area contributed by atoms with Crippen molar-refractivity contribution < 1.29 is 4.74 Å². The van der Waals surface area contributed by atoms with Crippen LogP contribution in [0.5, 0.6) is 5.75 Å². The molecule has 0 amide bonds. The van der Waals surface area contributed by atoms with Gasteiger partial charge in [-0.25, -0.2) is 4.98 Å². The van der Waals surface area contributed by atoms with Crippen molar-refractivity contribution in [2.45, 2.75) is 13.5 Å². The molecular formula is C20H17N3O. The van der Waals surface area contributed by atoms with Gasteiger partial charge in [0.05, 0.1) is 0 Å². The molecule has 0 fully saturated rings. The molecule has 2 N–H and O–H groups in total. The summed E-state index contributed by atoms with van der Waals surface area (Å²) in [5.74, 6) is 1.04. The van der Waals surface area contributed by atoms with Crippen LogP contribution in [0.3, 0.4) is 0 Å². The van der Waals surface area contributed by atoms with Gasteiger partial charge < -0.3 is 10.5 Å². The number of hydrogen-bond acceptors (Lipinski definition) is 4. The average molecular weight is 315 g/mol. The second-order valence-corrected chi connectivity index (χ2v) is 5.48. The van der Waals surface area contributed by atoms with E-state index >= 15 is 0 Å². The smallest absolute Gasteiger partial charge is 0.142 e. The predicted molar refractivity (Wildman–Crippen MR) is 94.3 cm³/mol. The minimum absolute atomic E-state index is 0.261. The first kappa shape index (κ1) is 15.6. The Balaban J connectivity index is 1.81. The minimum atomic E-state index is 0.261. The van der Waals surface area contributed by atoms with Gasteiger partial charge in [0.25, 0.3) is 0 Å². The second kappa shape index (κ2) is 6.84. The zero-order valence-electron chi connectivity index (χ0n) is 13.4. The van der Waals surface area contributed by atoms with Crippen molar-refractivity contribution >= 4 is 5.82 Å². The fourth-order valence-electron chi connectivity index (χ4n) is 2.51. The maximum absolute atomic E-state index is 9.32. The van der Waals surface area contributed by atoms with Crippen LogP contribution in [-0.2, 0) is 6.61 Å². The standard InChI is InChI=1S/C20H17N3O/c1-14-11-18(19(12-21)20(22)23-14)16-7-9-17(10-8-16)24-13-15-5-3-2-4-6-15/h2-11H,13H2,1H3,(H2,22,23). The first-order valence-electron chi connectivity index (χ1n) is 7.62. The third-order valence-electron chi connectivity index (χ3n) is 3.70. The molecule has 24 heavy (non-hydrogen) atoms. The molecule has 1 heterocycles. The van der Waals surface area contributed by atoms with Gasteiger partial charge in [0, 0.05) is 11.3 Å². The summed E-state index contributed by atoms with van der Waals surface area (Å²) in [5.41, 5.74) is 9.86. The van der Waals surface area contributed by atoms with Crippen LogP contribution >= 0.6 is 0 Å². The summed E-state index contributed by atoms with van der Waals surface area (Å²) in [6.45, 7) is 2.38. The first-order valence-corrected chi connectivity index (χ1v) is 7.62. The van der Waals surface area contributed by atoms with Crippen molar-refractivity contribution in [2.75, 3.05) is 5.73 Å². The number of ether oxygens (including phenoxy) is 1. The maximum atomic E-state index is 9.32. The van der Waals surface area contributed by atoms with E-state index < -0.39 is 0 Å². The lowest BCUT2D eigenvalue weighted by atomic mass is 10.0. The van der Waals surface area contributed by atoms with E-state index in [9.17, 15) is 5.26 Å². The monoisotopic (exact) mass is 315 g/mol. The van der Waals surface area contributed by atoms with Crippen LogP contribution < -0.4 is 10.5 Å². The molecule has 3 aromatic rings. The molecule has 0 bridgehead atoms. The van der Waals surface area contributed by atoms with E-state index in [2.05, 4.69) is 11.1 Å². The van der Waals surface area contributed by atoms with Gasteiger partial charge in [-0.15, -0.1) is 0 Å². The zero-order chi connectivity index (χ0) is 16.9. The minimum Gasteiger partial charge on any atom is -0.489 e. The highest BCUT2D eigenvalue weighted by Crippen LogP contribution is 2.28. The molecule has 4 heteroatoms. The average Bonchev–Trinajstić information content (AvgIpc) is 2.61. The number of aromatic nitrogens is 1. The van der Waals surface area contributed by atoms with Gasteiger partial charge in [0.2, 0.25) is 0 Å². The van der Waals surface area contributed by atoms with E-state index in [0.29, 0.717) is 12.2 Å². The Kier molecular flexibility index (Phi) is 4.44. The van der Waals surface area contributed by atoms with Gasteiger partial charge in [0.1, 0.15) is 29.8 Å². The van der Waals surface area contributed by atoms with Crippen LogP contribution in [0.4, 0.5) is 5.82 Å². The molecule has 0 aliphatic rings.